The molecule has 1 fully saturated rings. The van der Waals surface area contributed by atoms with Crippen LogP contribution in [0.15, 0.2) is 73.1 Å². The molecule has 1 atom stereocenters. The Bertz CT molecular complexity index is 1390. The zero-order valence-electron chi connectivity index (χ0n) is 22.5. The molecule has 39 heavy (non-hydrogen) atoms. The van der Waals surface area contributed by atoms with Crippen molar-refractivity contribution in [2.45, 2.75) is 57.5 Å². The Hall–Kier alpha value is -3.71. The summed E-state index contributed by atoms with van der Waals surface area (Å²) in [7, 11) is 1.60. The van der Waals surface area contributed by atoms with Crippen molar-refractivity contribution in [1.29, 1.82) is 0 Å². The summed E-state index contributed by atoms with van der Waals surface area (Å²) < 4.78 is 7.23. The van der Waals surface area contributed by atoms with Crippen molar-refractivity contribution in [1.82, 2.24) is 24.6 Å². The number of halogens is 1. The van der Waals surface area contributed by atoms with Crippen LogP contribution in [0.25, 0.3) is 22.8 Å². The van der Waals surface area contributed by atoms with E-state index in [2.05, 4.69) is 28.9 Å². The molecule has 1 aliphatic carbocycles. The van der Waals surface area contributed by atoms with Gasteiger partial charge in [-0.05, 0) is 54.7 Å². The molecule has 4 aromatic rings. The maximum absolute atomic E-state index is 13.7. The molecule has 1 amide bonds. The van der Waals surface area contributed by atoms with Gasteiger partial charge in [0.25, 0.3) is 0 Å². The fraction of sp³-hybridized carbons (Fsp3) is 0.355. The quantitative estimate of drug-likeness (QED) is 0.224. The molecule has 2 aromatic carbocycles. The SMILES string of the molecule is COc1ccc(-c2nc(-c3ccncc3)nn2CCN(C(=O)CC(C)c2ccccc2)C2CCCC2)cc1Cl. The van der Waals surface area contributed by atoms with Crippen molar-refractivity contribution in [3.05, 3.63) is 83.6 Å². The molecule has 202 valence electrons. The average Bonchev–Trinajstić information content (AvgIpc) is 3.65. The van der Waals surface area contributed by atoms with E-state index >= 15 is 0 Å². The summed E-state index contributed by atoms with van der Waals surface area (Å²) in [4.78, 5) is 24.8. The van der Waals surface area contributed by atoms with Gasteiger partial charge in [0.05, 0.1) is 18.7 Å². The summed E-state index contributed by atoms with van der Waals surface area (Å²) in [6.45, 7) is 3.23. The number of rotatable bonds is 10. The minimum Gasteiger partial charge on any atom is -0.495 e. The number of benzene rings is 2. The lowest BCUT2D eigenvalue weighted by Crippen LogP contribution is -2.41. The average molecular weight is 544 g/mol. The minimum absolute atomic E-state index is 0.157. The van der Waals surface area contributed by atoms with Crippen molar-refractivity contribution >= 4 is 17.5 Å². The van der Waals surface area contributed by atoms with E-state index in [1.165, 1.54) is 5.56 Å². The van der Waals surface area contributed by atoms with Gasteiger partial charge < -0.3 is 9.64 Å². The number of amides is 1. The molecule has 0 saturated heterocycles. The Morgan fingerprint density at radius 2 is 1.82 bits per heavy atom. The summed E-state index contributed by atoms with van der Waals surface area (Å²) in [6.07, 6.45) is 8.36. The van der Waals surface area contributed by atoms with Crippen LogP contribution in [0.3, 0.4) is 0 Å². The van der Waals surface area contributed by atoms with Crippen LogP contribution in [-0.4, -0.2) is 50.3 Å². The van der Waals surface area contributed by atoms with E-state index in [-0.39, 0.29) is 17.9 Å². The molecular formula is C31H34ClN5O2. The molecule has 0 bridgehead atoms. The van der Waals surface area contributed by atoms with Crippen LogP contribution in [0.1, 0.15) is 50.5 Å². The van der Waals surface area contributed by atoms with Gasteiger partial charge in [0.2, 0.25) is 5.91 Å². The highest BCUT2D eigenvalue weighted by atomic mass is 35.5. The van der Waals surface area contributed by atoms with Gasteiger partial charge in [0.1, 0.15) is 5.75 Å². The highest BCUT2D eigenvalue weighted by molar-refractivity contribution is 6.32. The van der Waals surface area contributed by atoms with E-state index in [9.17, 15) is 4.79 Å². The smallest absolute Gasteiger partial charge is 0.223 e. The largest absolute Gasteiger partial charge is 0.495 e. The molecule has 0 aliphatic heterocycles. The lowest BCUT2D eigenvalue weighted by molar-refractivity contribution is -0.134. The van der Waals surface area contributed by atoms with Crippen LogP contribution >= 0.6 is 11.6 Å². The lowest BCUT2D eigenvalue weighted by Gasteiger charge is -2.30. The Kier molecular flexibility index (Phi) is 8.57. The van der Waals surface area contributed by atoms with Gasteiger partial charge in [-0.1, -0.05) is 61.7 Å². The van der Waals surface area contributed by atoms with E-state index < -0.39 is 0 Å². The number of carbonyl (C=O) groups excluding carboxylic acids is 1. The molecule has 0 N–H and O–H groups in total. The molecule has 7 nitrogen and oxygen atoms in total. The molecule has 1 unspecified atom stereocenters. The summed E-state index contributed by atoms with van der Waals surface area (Å²) >= 11 is 6.47. The van der Waals surface area contributed by atoms with Gasteiger partial charge >= 0.3 is 0 Å². The van der Waals surface area contributed by atoms with E-state index in [1.807, 2.05) is 53.2 Å². The first kappa shape index (κ1) is 26.9. The second kappa shape index (κ2) is 12.4. The number of carbonyl (C=O) groups is 1. The molecule has 2 aromatic heterocycles. The molecule has 0 radical (unpaired) electrons. The predicted octanol–water partition coefficient (Wildman–Crippen LogP) is 6.63. The van der Waals surface area contributed by atoms with Crippen LogP contribution < -0.4 is 4.74 Å². The number of methoxy groups -OCH3 is 1. The van der Waals surface area contributed by atoms with Crippen LogP contribution in [0.4, 0.5) is 0 Å². The summed E-state index contributed by atoms with van der Waals surface area (Å²) in [5, 5.41) is 5.37. The zero-order chi connectivity index (χ0) is 27.2. The number of hydrogen-bond acceptors (Lipinski definition) is 5. The van der Waals surface area contributed by atoms with Gasteiger partial charge in [0.15, 0.2) is 11.6 Å². The summed E-state index contributed by atoms with van der Waals surface area (Å²) in [6, 6.07) is 19.9. The van der Waals surface area contributed by atoms with Crippen LogP contribution in [0.2, 0.25) is 5.02 Å². The third kappa shape index (κ3) is 6.31. The first-order valence-corrected chi connectivity index (χ1v) is 13.9. The normalized spacial score (nSPS) is 14.3. The Labute approximate surface area is 234 Å². The van der Waals surface area contributed by atoms with Crippen molar-refractivity contribution < 1.29 is 9.53 Å². The van der Waals surface area contributed by atoms with Crippen LogP contribution in [0.5, 0.6) is 5.75 Å². The number of nitrogens with zero attached hydrogens (tertiary/aromatic N) is 5. The number of pyridine rings is 1. The Morgan fingerprint density at radius 1 is 1.08 bits per heavy atom. The molecule has 8 heteroatoms. The second-order valence-corrected chi connectivity index (χ2v) is 10.5. The highest BCUT2D eigenvalue weighted by Gasteiger charge is 2.28. The first-order chi connectivity index (χ1) is 19.0. The Morgan fingerprint density at radius 3 is 2.51 bits per heavy atom. The summed E-state index contributed by atoms with van der Waals surface area (Å²) in [5.74, 6) is 2.26. The lowest BCUT2D eigenvalue weighted by atomic mass is 9.97. The number of ether oxygens (including phenoxy) is 1. The third-order valence-corrected chi connectivity index (χ3v) is 7.80. The standard InChI is InChI=1S/C31H34ClN5O2/c1-22(23-8-4-3-5-9-23)20-29(38)36(26-10-6-7-11-26)18-19-37-31(25-12-13-28(39-2)27(32)21-25)34-30(35-37)24-14-16-33-17-15-24/h3-5,8-9,12-17,21-22,26H,6-7,10-11,18-20H2,1-2H3. The monoisotopic (exact) mass is 543 g/mol. The molecule has 1 saturated carbocycles. The molecule has 1 aliphatic rings. The van der Waals surface area contributed by atoms with Gasteiger partial charge in [0, 0.05) is 42.5 Å². The van der Waals surface area contributed by atoms with E-state index in [0.29, 0.717) is 41.9 Å². The predicted molar refractivity (Wildman–Crippen MR) is 154 cm³/mol. The zero-order valence-corrected chi connectivity index (χ0v) is 23.2. The minimum atomic E-state index is 0.157. The fourth-order valence-electron chi connectivity index (χ4n) is 5.35. The molecule has 2 heterocycles. The summed E-state index contributed by atoms with van der Waals surface area (Å²) in [5.41, 5.74) is 2.91. The van der Waals surface area contributed by atoms with Gasteiger partial charge in [-0.2, -0.15) is 5.10 Å². The maximum Gasteiger partial charge on any atom is 0.223 e. The molecular weight excluding hydrogens is 510 g/mol. The van der Waals surface area contributed by atoms with E-state index in [4.69, 9.17) is 26.4 Å². The first-order valence-electron chi connectivity index (χ1n) is 13.6. The number of hydrogen-bond donors (Lipinski definition) is 0. The van der Waals surface area contributed by atoms with Crippen molar-refractivity contribution in [3.8, 4) is 28.5 Å². The van der Waals surface area contributed by atoms with Crippen molar-refractivity contribution in [3.63, 3.8) is 0 Å². The molecule has 0 spiro atoms. The van der Waals surface area contributed by atoms with Gasteiger partial charge in [-0.25, -0.2) is 9.67 Å². The van der Waals surface area contributed by atoms with Crippen molar-refractivity contribution in [2.24, 2.45) is 0 Å². The maximum atomic E-state index is 13.7. The third-order valence-electron chi connectivity index (χ3n) is 7.51. The fourth-order valence-corrected chi connectivity index (χ4v) is 5.61. The van der Waals surface area contributed by atoms with Crippen LogP contribution in [0, 0.1) is 0 Å². The highest BCUT2D eigenvalue weighted by Crippen LogP contribution is 2.31. The molecule has 5 rings (SSSR count). The number of aromatic nitrogens is 4. The van der Waals surface area contributed by atoms with E-state index in [1.54, 1.807) is 19.5 Å². The second-order valence-electron chi connectivity index (χ2n) is 10.1. The van der Waals surface area contributed by atoms with Crippen LogP contribution in [-0.2, 0) is 11.3 Å². The topological polar surface area (TPSA) is 73.1 Å². The van der Waals surface area contributed by atoms with Crippen molar-refractivity contribution in [2.75, 3.05) is 13.7 Å². The van der Waals surface area contributed by atoms with Gasteiger partial charge in [-0.3, -0.25) is 9.78 Å². The van der Waals surface area contributed by atoms with Gasteiger partial charge in [-0.15, -0.1) is 0 Å². The van der Waals surface area contributed by atoms with E-state index in [0.717, 1.165) is 36.8 Å². The Balaban J connectivity index is 1.42.